The minimum Gasteiger partial charge on any atom is -0.619 e. The van der Waals surface area contributed by atoms with Crippen LogP contribution < -0.4 is 23.8 Å². The van der Waals surface area contributed by atoms with Crippen LogP contribution in [0, 0.1) is 11.1 Å². The first-order chi connectivity index (χ1) is 26.6. The molecule has 3 fully saturated rings. The highest BCUT2D eigenvalue weighted by Gasteiger charge is 2.38. The number of piperidine rings is 3. The highest BCUT2D eigenvalue weighted by molar-refractivity contribution is 6.35. The van der Waals surface area contributed by atoms with E-state index in [1.54, 1.807) is 36.4 Å². The zero-order valence-corrected chi connectivity index (χ0v) is 29.9. The summed E-state index contributed by atoms with van der Waals surface area (Å²) in [6.07, 6.45) is 2.81. The summed E-state index contributed by atoms with van der Waals surface area (Å²) in [7, 11) is -1.62. The number of aromatic carboxylic acids is 1. The van der Waals surface area contributed by atoms with Gasteiger partial charge in [0, 0.05) is 18.0 Å². The molecule has 1 amide bonds. The zero-order chi connectivity index (χ0) is 40.3. The second-order valence-corrected chi connectivity index (χ2v) is 13.6. The van der Waals surface area contributed by atoms with Gasteiger partial charge in [-0.05, 0) is 85.3 Å². The number of nitrogens with zero attached hydrogens (tertiary/aromatic N) is 3. The van der Waals surface area contributed by atoms with Crippen LogP contribution >= 0.6 is 23.2 Å². The van der Waals surface area contributed by atoms with E-state index in [0.29, 0.717) is 28.3 Å². The van der Waals surface area contributed by atoms with Gasteiger partial charge in [-0.3, -0.25) is 9.80 Å². The number of hydrogen-bond acceptors (Lipinski definition) is 8. The largest absolute Gasteiger partial charge is 0.619 e. The molecule has 0 spiro atoms. The number of anilines is 1. The van der Waals surface area contributed by atoms with Crippen LogP contribution in [-0.2, 0) is 17.7 Å². The maximum absolute atomic E-state index is 14.1. The number of pyridine rings is 1. The number of carboxylic acid groups (broad SMARTS) is 1. The Morgan fingerprint density at radius 2 is 1.77 bits per heavy atom. The number of halogens is 4. The number of carbonyl (C=O) groups is 2. The molecular weight excluding hydrogens is 735 g/mol. The summed E-state index contributed by atoms with van der Waals surface area (Å²) in [6.45, 7) is -0.943. The fourth-order valence-electron chi connectivity index (χ4n) is 7.07. The van der Waals surface area contributed by atoms with Crippen molar-refractivity contribution in [3.05, 3.63) is 116 Å². The lowest BCUT2D eigenvalue weighted by atomic mass is 9.82. The third kappa shape index (κ3) is 8.53. The molecule has 3 aromatic carbocycles. The van der Waals surface area contributed by atoms with Gasteiger partial charge < -0.3 is 29.3 Å². The number of aromatic nitrogens is 1. The van der Waals surface area contributed by atoms with Gasteiger partial charge in [-0.25, -0.2) is 9.59 Å². The van der Waals surface area contributed by atoms with E-state index in [4.69, 9.17) is 41.5 Å². The summed E-state index contributed by atoms with van der Waals surface area (Å²) in [6, 6.07) is 14.9. The van der Waals surface area contributed by atoms with E-state index in [0.717, 1.165) is 50.5 Å². The number of hydrogen-bond donors (Lipinski definition) is 1. The molecule has 2 atom stereocenters. The molecule has 3 aliphatic rings. The number of benzene rings is 3. The van der Waals surface area contributed by atoms with Crippen molar-refractivity contribution in [3.8, 4) is 17.2 Å². The van der Waals surface area contributed by atoms with Crippen LogP contribution in [0.4, 0.5) is 19.3 Å². The van der Waals surface area contributed by atoms with Crippen molar-refractivity contribution in [1.29, 1.82) is 0 Å². The van der Waals surface area contributed by atoms with Gasteiger partial charge in [0.1, 0.15) is 21.9 Å². The average Bonchev–Trinajstić information content (AvgIpc) is 3.14. The molecule has 3 aliphatic heterocycles. The quantitative estimate of drug-likeness (QED) is 0.108. The third-order valence-corrected chi connectivity index (χ3v) is 10.3. The lowest BCUT2D eigenvalue weighted by Gasteiger charge is -2.44. The number of ether oxygens (including phenoxy) is 4. The Morgan fingerprint density at radius 3 is 2.42 bits per heavy atom. The van der Waals surface area contributed by atoms with Gasteiger partial charge in [-0.2, -0.15) is 13.5 Å². The lowest BCUT2D eigenvalue weighted by Crippen LogP contribution is -2.53. The maximum Gasteiger partial charge on any atom is 0.415 e. The standard InChI is InChI=1S/C38H37Cl2F2N3O8/c1-50-32-6-4-3-5-31(32)45(38(48)53-35-21-43-13-11-23(35)12-14-43)18-22-7-9-25(36(46)47)27(15-22)26(17-28-29(39)19-44(49)20-30(28)40)24-8-10-33(52-37(41)42)34(16-24)51-2/h3-10,15-16,19-20,23,26,35,37H,11-14,17-18,21H2,1-2H3,(H,46,47)/t26-,35-/m0/s1/i2D3. The van der Waals surface area contributed by atoms with Crippen molar-refractivity contribution in [2.24, 2.45) is 5.92 Å². The molecule has 53 heavy (non-hydrogen) atoms. The van der Waals surface area contributed by atoms with Gasteiger partial charge in [0.2, 0.25) is 0 Å². The summed E-state index contributed by atoms with van der Waals surface area (Å²) in [4.78, 5) is 30.6. The Labute approximate surface area is 318 Å². The fraction of sp³-hybridized carbons (Fsp3) is 0.342. The van der Waals surface area contributed by atoms with E-state index in [1.807, 2.05) is 0 Å². The summed E-state index contributed by atoms with van der Waals surface area (Å²) in [5.74, 6) is -2.93. The van der Waals surface area contributed by atoms with Crippen molar-refractivity contribution < 1.29 is 51.3 Å². The summed E-state index contributed by atoms with van der Waals surface area (Å²) in [5, 5.41) is 22.5. The predicted molar refractivity (Wildman–Crippen MR) is 193 cm³/mol. The lowest BCUT2D eigenvalue weighted by molar-refractivity contribution is -0.605. The summed E-state index contributed by atoms with van der Waals surface area (Å²) < 4.78 is 71.4. The van der Waals surface area contributed by atoms with E-state index in [-0.39, 0.29) is 57.3 Å². The molecule has 280 valence electrons. The molecule has 15 heteroatoms. The fourth-order valence-corrected chi connectivity index (χ4v) is 7.66. The number of alkyl halides is 2. The molecular formula is C38H37Cl2F2N3O8. The number of fused-ring (bicyclic) bond motifs is 3. The molecule has 2 bridgehead atoms. The minimum absolute atomic E-state index is 0.0556. The van der Waals surface area contributed by atoms with Crippen LogP contribution in [0.5, 0.6) is 17.2 Å². The van der Waals surface area contributed by atoms with Crippen LogP contribution in [0.25, 0.3) is 0 Å². The normalized spacial score (nSPS) is 19.4. The molecule has 4 heterocycles. The molecule has 4 aromatic rings. The molecule has 7 rings (SSSR count). The molecule has 0 unspecified atom stereocenters. The molecule has 3 saturated heterocycles. The van der Waals surface area contributed by atoms with Crippen LogP contribution in [0.2, 0.25) is 10.0 Å². The van der Waals surface area contributed by atoms with E-state index in [1.165, 1.54) is 24.1 Å². The second kappa shape index (κ2) is 16.4. The Kier molecular flexibility index (Phi) is 10.5. The van der Waals surface area contributed by atoms with Gasteiger partial charge in [0.15, 0.2) is 23.9 Å². The Bertz CT molecular complexity index is 2070. The number of para-hydroxylation sites is 2. The highest BCUT2D eigenvalue weighted by Crippen LogP contribution is 2.40. The van der Waals surface area contributed by atoms with E-state index < -0.39 is 43.1 Å². The number of amides is 1. The number of methoxy groups -OCH3 is 2. The first-order valence-electron chi connectivity index (χ1n) is 18.1. The van der Waals surface area contributed by atoms with Crippen molar-refractivity contribution in [2.75, 3.05) is 38.7 Å². The second-order valence-electron chi connectivity index (χ2n) is 12.8. The smallest absolute Gasteiger partial charge is 0.415 e. The van der Waals surface area contributed by atoms with Crippen LogP contribution in [-0.4, -0.2) is 68.6 Å². The highest BCUT2D eigenvalue weighted by atomic mass is 35.5. The topological polar surface area (TPSA) is 125 Å². The molecule has 0 radical (unpaired) electrons. The summed E-state index contributed by atoms with van der Waals surface area (Å²) >= 11 is 13.0. The monoisotopic (exact) mass is 774 g/mol. The first kappa shape index (κ1) is 34.0. The summed E-state index contributed by atoms with van der Waals surface area (Å²) in [5.41, 5.74) is 1.23. The molecule has 11 nitrogen and oxygen atoms in total. The number of carboxylic acids is 1. The van der Waals surface area contributed by atoms with Crippen molar-refractivity contribution >= 4 is 41.0 Å². The van der Waals surface area contributed by atoms with Crippen LogP contribution in [0.15, 0.2) is 73.1 Å². The van der Waals surface area contributed by atoms with Gasteiger partial charge in [0.05, 0.1) is 36.1 Å². The average molecular weight is 776 g/mol. The third-order valence-electron chi connectivity index (χ3n) is 9.67. The Hall–Kier alpha value is -4.85. The van der Waals surface area contributed by atoms with E-state index in [9.17, 15) is 28.7 Å². The first-order valence-corrected chi connectivity index (χ1v) is 17.4. The Morgan fingerprint density at radius 1 is 1.04 bits per heavy atom. The number of carbonyl (C=O) groups excluding carboxylic acids is 1. The van der Waals surface area contributed by atoms with Crippen LogP contribution in [0.3, 0.4) is 0 Å². The molecule has 1 aromatic heterocycles. The van der Waals surface area contributed by atoms with Gasteiger partial charge in [-0.1, -0.05) is 53.5 Å². The SMILES string of the molecule is [2H]C([2H])([2H])Oc1cc([C@H](Cc2c(Cl)c[n+]([O-])cc2Cl)c2cc(CN(C(=O)O[C@H]3CN4CCC3CC4)c3ccccc3OC)ccc2C(=O)O)ccc1OC(F)F. The minimum atomic E-state index is -3.32. The predicted octanol–water partition coefficient (Wildman–Crippen LogP) is 7.56. The number of rotatable bonds is 13. The van der Waals surface area contributed by atoms with E-state index >= 15 is 0 Å². The Balaban J connectivity index is 1.47. The zero-order valence-electron chi connectivity index (χ0n) is 31.3. The van der Waals surface area contributed by atoms with Crippen molar-refractivity contribution in [3.63, 3.8) is 0 Å². The van der Waals surface area contributed by atoms with Crippen molar-refractivity contribution in [2.45, 2.75) is 44.4 Å². The molecule has 0 aliphatic carbocycles. The molecule has 0 saturated carbocycles. The van der Waals surface area contributed by atoms with E-state index in [2.05, 4.69) is 9.64 Å². The van der Waals surface area contributed by atoms with Crippen LogP contribution in [0.1, 0.15) is 55.5 Å². The van der Waals surface area contributed by atoms with Gasteiger partial charge >= 0.3 is 18.7 Å². The van der Waals surface area contributed by atoms with Crippen molar-refractivity contribution in [1.82, 2.24) is 4.90 Å². The molecule has 1 N–H and O–H groups in total. The van der Waals surface area contributed by atoms with Gasteiger partial charge in [-0.15, -0.1) is 0 Å². The van der Waals surface area contributed by atoms with Gasteiger partial charge in [0.25, 0.3) is 0 Å². The maximum atomic E-state index is 14.1.